The molecule has 33 heavy (non-hydrogen) atoms. The normalized spacial score (nSPS) is 16.6. The van der Waals surface area contributed by atoms with Crippen LogP contribution in [0.3, 0.4) is 0 Å². The first-order valence-corrected chi connectivity index (χ1v) is 11.6. The molecule has 0 spiro atoms. The van der Waals surface area contributed by atoms with Crippen molar-refractivity contribution in [3.63, 3.8) is 0 Å². The number of nitro benzene ring substituents is 1. The van der Waals surface area contributed by atoms with E-state index in [0.29, 0.717) is 37.0 Å². The van der Waals surface area contributed by atoms with Crippen LogP contribution in [0.2, 0.25) is 0 Å². The highest BCUT2D eigenvalue weighted by atomic mass is 32.1. The molecule has 3 heterocycles. The maximum atomic E-state index is 10.9. The largest absolute Gasteiger partial charge is 0.394 e. The number of aryl methyl sites for hydroxylation is 2. The number of thiophene rings is 1. The molecule has 0 aliphatic carbocycles. The average Bonchev–Trinajstić information content (AvgIpc) is 3.11. The first-order valence-electron chi connectivity index (χ1n) is 10.7. The van der Waals surface area contributed by atoms with Crippen molar-refractivity contribution in [2.75, 3.05) is 38.2 Å². The second-order valence-electron chi connectivity index (χ2n) is 8.07. The van der Waals surface area contributed by atoms with Crippen LogP contribution in [0.5, 0.6) is 0 Å². The van der Waals surface area contributed by atoms with E-state index < -0.39 is 17.1 Å². The first-order chi connectivity index (χ1) is 15.9. The summed E-state index contributed by atoms with van der Waals surface area (Å²) in [6.45, 7) is 7.24. The summed E-state index contributed by atoms with van der Waals surface area (Å²) < 4.78 is 5.42. The fourth-order valence-corrected chi connectivity index (χ4v) is 4.90. The summed E-state index contributed by atoms with van der Waals surface area (Å²) in [6.07, 6.45) is -1.09. The van der Waals surface area contributed by atoms with E-state index >= 15 is 0 Å². The molecule has 0 radical (unpaired) electrons. The summed E-state index contributed by atoms with van der Waals surface area (Å²) in [5.41, 5.74) is 1.45. The van der Waals surface area contributed by atoms with E-state index in [0.717, 1.165) is 33.7 Å². The number of ether oxygens (including phenoxy) is 1. The van der Waals surface area contributed by atoms with Crippen molar-refractivity contribution in [3.8, 4) is 0 Å². The molecule has 1 aliphatic heterocycles. The maximum absolute atomic E-state index is 10.9. The van der Waals surface area contributed by atoms with Crippen LogP contribution >= 0.6 is 11.3 Å². The number of non-ortho nitro benzene ring substituents is 1. The Labute approximate surface area is 195 Å². The van der Waals surface area contributed by atoms with E-state index in [1.807, 2.05) is 13.8 Å². The SMILES string of the molecule is Cc1sc2nc(CN3CCOCC3)nc(N[C@H](CO)[C@@H](O)c3ccc([N+](=O)[O-])cc3)c2c1C. The van der Waals surface area contributed by atoms with Gasteiger partial charge in [-0.25, -0.2) is 9.97 Å². The highest BCUT2D eigenvalue weighted by Crippen LogP contribution is 2.34. The van der Waals surface area contributed by atoms with Gasteiger partial charge in [0.15, 0.2) is 0 Å². The molecule has 2 atom stereocenters. The van der Waals surface area contributed by atoms with Gasteiger partial charge in [-0.3, -0.25) is 15.0 Å². The number of hydrogen-bond donors (Lipinski definition) is 3. The Hall–Kier alpha value is -2.70. The standard InChI is InChI=1S/C22H27N5O5S/c1-13-14(2)33-22-19(13)21(24-18(25-22)11-26-7-9-32-10-8-26)23-17(12-28)20(29)15-3-5-16(6-4-15)27(30)31/h3-6,17,20,28-29H,7-12H2,1-2H3,(H,23,24,25)/t17-,20+/m1/s1. The van der Waals surface area contributed by atoms with Crippen molar-refractivity contribution in [1.82, 2.24) is 14.9 Å². The molecular weight excluding hydrogens is 446 g/mol. The molecule has 1 fully saturated rings. The molecule has 1 aromatic carbocycles. The summed E-state index contributed by atoms with van der Waals surface area (Å²) in [5, 5.41) is 35.9. The lowest BCUT2D eigenvalue weighted by molar-refractivity contribution is -0.384. The Morgan fingerprint density at radius 1 is 1.24 bits per heavy atom. The van der Waals surface area contributed by atoms with Gasteiger partial charge in [0, 0.05) is 30.1 Å². The third kappa shape index (κ3) is 5.12. The van der Waals surface area contributed by atoms with Crippen LogP contribution in [0.15, 0.2) is 24.3 Å². The van der Waals surface area contributed by atoms with Crippen molar-refractivity contribution >= 4 is 33.1 Å². The zero-order valence-corrected chi connectivity index (χ0v) is 19.3. The number of anilines is 1. The fraction of sp³-hybridized carbons (Fsp3) is 0.455. The van der Waals surface area contributed by atoms with Gasteiger partial charge in [0.1, 0.15) is 22.6 Å². The van der Waals surface area contributed by atoms with Gasteiger partial charge in [0.25, 0.3) is 5.69 Å². The van der Waals surface area contributed by atoms with Gasteiger partial charge in [-0.05, 0) is 37.1 Å². The van der Waals surface area contributed by atoms with Crippen molar-refractivity contribution < 1.29 is 19.9 Å². The van der Waals surface area contributed by atoms with Crippen molar-refractivity contribution in [2.45, 2.75) is 32.5 Å². The lowest BCUT2D eigenvalue weighted by Gasteiger charge is -2.26. The molecule has 0 saturated carbocycles. The quantitative estimate of drug-likeness (QED) is 0.333. The van der Waals surface area contributed by atoms with Gasteiger partial charge in [0.05, 0.1) is 42.7 Å². The molecule has 10 nitrogen and oxygen atoms in total. The molecule has 11 heteroatoms. The van der Waals surface area contributed by atoms with E-state index in [1.165, 1.54) is 24.3 Å². The van der Waals surface area contributed by atoms with E-state index in [4.69, 9.17) is 14.7 Å². The summed E-state index contributed by atoms with van der Waals surface area (Å²) in [4.78, 5) is 24.2. The number of nitro groups is 1. The second kappa shape index (κ2) is 10.1. The van der Waals surface area contributed by atoms with E-state index in [-0.39, 0.29) is 12.3 Å². The minimum atomic E-state index is -1.09. The Balaban J connectivity index is 1.63. The second-order valence-corrected chi connectivity index (χ2v) is 9.27. The van der Waals surface area contributed by atoms with Crippen LogP contribution in [0.1, 0.15) is 27.9 Å². The smallest absolute Gasteiger partial charge is 0.269 e. The van der Waals surface area contributed by atoms with Gasteiger partial charge < -0.3 is 20.3 Å². The minimum Gasteiger partial charge on any atom is -0.394 e. The molecular formula is C22H27N5O5S. The fourth-order valence-electron chi connectivity index (χ4n) is 3.85. The number of nitrogens with zero attached hydrogens (tertiary/aromatic N) is 4. The monoisotopic (exact) mass is 473 g/mol. The third-order valence-corrected chi connectivity index (χ3v) is 6.99. The third-order valence-electron chi connectivity index (χ3n) is 5.89. The number of fused-ring (bicyclic) bond motifs is 1. The predicted molar refractivity (Wildman–Crippen MR) is 126 cm³/mol. The van der Waals surface area contributed by atoms with Gasteiger partial charge in [0.2, 0.25) is 0 Å². The van der Waals surface area contributed by atoms with Crippen molar-refractivity contribution in [1.29, 1.82) is 0 Å². The molecule has 0 bridgehead atoms. The van der Waals surface area contributed by atoms with E-state index in [1.54, 1.807) is 11.3 Å². The number of morpholine rings is 1. The summed E-state index contributed by atoms with van der Waals surface area (Å²) in [6, 6.07) is 4.89. The van der Waals surface area contributed by atoms with Crippen LogP contribution in [-0.4, -0.2) is 69.0 Å². The Kier molecular flexibility index (Phi) is 7.15. The number of rotatable bonds is 8. The Morgan fingerprint density at radius 3 is 2.58 bits per heavy atom. The molecule has 4 rings (SSSR count). The first kappa shape index (κ1) is 23.5. The summed E-state index contributed by atoms with van der Waals surface area (Å²) in [7, 11) is 0. The zero-order chi connectivity index (χ0) is 23.5. The Bertz CT molecular complexity index is 1130. The zero-order valence-electron chi connectivity index (χ0n) is 18.5. The number of aliphatic hydroxyl groups is 2. The number of hydrogen-bond acceptors (Lipinski definition) is 10. The van der Waals surface area contributed by atoms with Crippen LogP contribution in [-0.2, 0) is 11.3 Å². The predicted octanol–water partition coefficient (Wildman–Crippen LogP) is 2.55. The molecule has 1 saturated heterocycles. The lowest BCUT2D eigenvalue weighted by atomic mass is 10.0. The van der Waals surface area contributed by atoms with Gasteiger partial charge in [-0.2, -0.15) is 0 Å². The van der Waals surface area contributed by atoms with Gasteiger partial charge in [-0.15, -0.1) is 11.3 Å². The highest BCUT2D eigenvalue weighted by Gasteiger charge is 2.24. The molecule has 0 amide bonds. The number of nitrogens with one attached hydrogen (secondary N) is 1. The van der Waals surface area contributed by atoms with Crippen LogP contribution < -0.4 is 5.32 Å². The molecule has 1 aliphatic rings. The van der Waals surface area contributed by atoms with Crippen LogP contribution in [0.4, 0.5) is 11.5 Å². The van der Waals surface area contributed by atoms with Crippen molar-refractivity contribution in [3.05, 3.63) is 56.2 Å². The van der Waals surface area contributed by atoms with Gasteiger partial charge in [-0.1, -0.05) is 0 Å². The lowest BCUT2D eigenvalue weighted by Crippen LogP contribution is -2.36. The highest BCUT2D eigenvalue weighted by molar-refractivity contribution is 7.18. The average molecular weight is 474 g/mol. The molecule has 3 aromatic rings. The topological polar surface area (TPSA) is 134 Å². The minimum absolute atomic E-state index is 0.0610. The molecule has 0 unspecified atom stereocenters. The number of aliphatic hydroxyl groups excluding tert-OH is 2. The van der Waals surface area contributed by atoms with Crippen LogP contribution in [0, 0.1) is 24.0 Å². The van der Waals surface area contributed by atoms with Gasteiger partial charge >= 0.3 is 0 Å². The van der Waals surface area contributed by atoms with Crippen molar-refractivity contribution in [2.24, 2.45) is 0 Å². The maximum Gasteiger partial charge on any atom is 0.269 e. The summed E-state index contributed by atoms with van der Waals surface area (Å²) >= 11 is 1.59. The molecule has 2 aromatic heterocycles. The molecule has 3 N–H and O–H groups in total. The van der Waals surface area contributed by atoms with E-state index in [2.05, 4.69) is 10.2 Å². The number of aromatic nitrogens is 2. The van der Waals surface area contributed by atoms with E-state index in [9.17, 15) is 20.3 Å². The Morgan fingerprint density at radius 2 is 1.94 bits per heavy atom. The summed E-state index contributed by atoms with van der Waals surface area (Å²) in [5.74, 6) is 1.22. The molecule has 176 valence electrons. The van der Waals surface area contributed by atoms with Crippen LogP contribution in [0.25, 0.3) is 10.2 Å². The number of benzene rings is 1.